The molecule has 8 heteroatoms. The Bertz CT molecular complexity index is 1020. The van der Waals surface area contributed by atoms with Gasteiger partial charge >= 0.3 is 12.1 Å². The highest BCUT2D eigenvalue weighted by Gasteiger charge is 2.30. The molecule has 0 fully saturated rings. The predicted molar refractivity (Wildman–Crippen MR) is 90.2 cm³/mol. The highest BCUT2D eigenvalue weighted by molar-refractivity contribution is 5.99. The number of alkyl halides is 3. The second kappa shape index (κ2) is 7.67. The van der Waals surface area contributed by atoms with Crippen LogP contribution >= 0.6 is 0 Å². The molecule has 0 aliphatic heterocycles. The summed E-state index contributed by atoms with van der Waals surface area (Å²) < 4.78 is 62.0. The lowest BCUT2D eigenvalue weighted by molar-refractivity contribution is -0.137. The monoisotopic (exact) mass is 392 g/mol. The van der Waals surface area contributed by atoms with Crippen molar-refractivity contribution < 1.29 is 36.3 Å². The van der Waals surface area contributed by atoms with Crippen molar-refractivity contribution in [3.63, 3.8) is 0 Å². The van der Waals surface area contributed by atoms with Crippen LogP contribution in [0.3, 0.4) is 0 Å². The van der Waals surface area contributed by atoms with Gasteiger partial charge in [0.2, 0.25) is 11.5 Å². The van der Waals surface area contributed by atoms with Gasteiger partial charge in [0.05, 0.1) is 11.1 Å². The first-order valence-electron chi connectivity index (χ1n) is 7.98. The van der Waals surface area contributed by atoms with Crippen LogP contribution in [0.5, 0.6) is 0 Å². The number of hydrogen-bond acceptors (Lipinski definition) is 4. The van der Waals surface area contributed by atoms with E-state index >= 15 is 0 Å². The molecule has 1 heterocycles. The van der Waals surface area contributed by atoms with Gasteiger partial charge in [0, 0.05) is 5.56 Å². The van der Waals surface area contributed by atoms with E-state index < -0.39 is 35.9 Å². The number of carbonyl (C=O) groups excluding carboxylic acids is 2. The van der Waals surface area contributed by atoms with Crippen LogP contribution in [0.15, 0.2) is 65.1 Å². The summed E-state index contributed by atoms with van der Waals surface area (Å²) in [7, 11) is 0. The molecule has 4 nitrogen and oxygen atoms in total. The zero-order valence-corrected chi connectivity index (χ0v) is 14.1. The summed E-state index contributed by atoms with van der Waals surface area (Å²) in [4.78, 5) is 23.9. The van der Waals surface area contributed by atoms with E-state index in [1.54, 1.807) is 0 Å². The Morgan fingerprint density at radius 1 is 0.964 bits per heavy atom. The van der Waals surface area contributed by atoms with E-state index in [1.165, 1.54) is 42.5 Å². The number of furan rings is 1. The maximum atomic E-state index is 13.5. The fraction of sp³-hybridized carbons (Fsp3) is 0.100. The molecule has 28 heavy (non-hydrogen) atoms. The van der Waals surface area contributed by atoms with E-state index in [0.29, 0.717) is 0 Å². The highest BCUT2D eigenvalue weighted by Crippen LogP contribution is 2.32. The molecular weight excluding hydrogens is 380 g/mol. The number of esters is 1. The Labute approximate surface area is 156 Å². The minimum absolute atomic E-state index is 0.0264. The molecule has 0 aliphatic rings. The van der Waals surface area contributed by atoms with Gasteiger partial charge in [0.1, 0.15) is 11.6 Å². The molecule has 0 unspecified atom stereocenters. The molecule has 0 bridgehead atoms. The third-order valence-electron chi connectivity index (χ3n) is 3.79. The summed E-state index contributed by atoms with van der Waals surface area (Å²) in [6.07, 6.45) is -4.52. The van der Waals surface area contributed by atoms with Crippen LogP contribution in [0.4, 0.5) is 17.6 Å². The van der Waals surface area contributed by atoms with Gasteiger partial charge < -0.3 is 9.15 Å². The Balaban J connectivity index is 1.69. The van der Waals surface area contributed by atoms with Crippen molar-refractivity contribution >= 4 is 11.8 Å². The summed E-state index contributed by atoms with van der Waals surface area (Å²) in [6, 6.07) is 12.2. The fourth-order valence-electron chi connectivity index (χ4n) is 2.42. The number of halogens is 4. The molecule has 0 N–H and O–H groups in total. The third kappa shape index (κ3) is 4.28. The topological polar surface area (TPSA) is 56.5 Å². The first-order valence-corrected chi connectivity index (χ1v) is 7.98. The summed E-state index contributed by atoms with van der Waals surface area (Å²) in [5.74, 6) is -2.75. The van der Waals surface area contributed by atoms with Crippen molar-refractivity contribution in [2.45, 2.75) is 6.18 Å². The minimum Gasteiger partial charge on any atom is -0.451 e. The maximum absolute atomic E-state index is 13.5. The van der Waals surface area contributed by atoms with Gasteiger partial charge in [-0.2, -0.15) is 13.2 Å². The standard InChI is InChI=1S/C20H12F4O4/c21-15-7-2-1-6-14(15)16(25)11-27-19(26)18-9-8-17(28-18)12-4-3-5-13(10-12)20(22,23)24/h1-10H,11H2. The van der Waals surface area contributed by atoms with Crippen molar-refractivity contribution in [1.29, 1.82) is 0 Å². The molecule has 2 aromatic carbocycles. The average molecular weight is 392 g/mol. The van der Waals surface area contributed by atoms with E-state index in [9.17, 15) is 27.2 Å². The lowest BCUT2D eigenvalue weighted by Crippen LogP contribution is -2.15. The van der Waals surface area contributed by atoms with Crippen molar-refractivity contribution in [2.24, 2.45) is 0 Å². The van der Waals surface area contributed by atoms with Crippen molar-refractivity contribution in [3.8, 4) is 11.3 Å². The third-order valence-corrected chi connectivity index (χ3v) is 3.79. The largest absolute Gasteiger partial charge is 0.451 e. The number of rotatable bonds is 5. The van der Waals surface area contributed by atoms with Crippen LogP contribution in [0.25, 0.3) is 11.3 Å². The molecule has 3 rings (SSSR count). The van der Waals surface area contributed by atoms with Crippen LogP contribution in [-0.4, -0.2) is 18.4 Å². The summed E-state index contributed by atoms with van der Waals surface area (Å²) in [5, 5.41) is 0. The Hall–Kier alpha value is -3.42. The fourth-order valence-corrected chi connectivity index (χ4v) is 2.42. The van der Waals surface area contributed by atoms with Gasteiger partial charge in [0.15, 0.2) is 6.61 Å². The lowest BCUT2D eigenvalue weighted by Gasteiger charge is -2.07. The molecule has 0 amide bonds. The number of ketones is 1. The second-order valence-corrected chi connectivity index (χ2v) is 5.72. The van der Waals surface area contributed by atoms with Gasteiger partial charge in [-0.15, -0.1) is 0 Å². The number of hydrogen-bond donors (Lipinski definition) is 0. The molecule has 0 atom stereocenters. The summed E-state index contributed by atoms with van der Waals surface area (Å²) in [5.41, 5.74) is -0.961. The van der Waals surface area contributed by atoms with Crippen molar-refractivity contribution in [2.75, 3.05) is 6.61 Å². The van der Waals surface area contributed by atoms with Crippen LogP contribution in [-0.2, 0) is 10.9 Å². The normalized spacial score (nSPS) is 11.3. The maximum Gasteiger partial charge on any atom is 0.416 e. The van der Waals surface area contributed by atoms with Gasteiger partial charge in [-0.1, -0.05) is 24.3 Å². The number of ether oxygens (including phenoxy) is 1. The molecule has 0 aliphatic carbocycles. The second-order valence-electron chi connectivity index (χ2n) is 5.72. The summed E-state index contributed by atoms with van der Waals surface area (Å²) in [6.45, 7) is -0.709. The molecule has 0 spiro atoms. The van der Waals surface area contributed by atoms with Gasteiger partial charge in [0.25, 0.3) is 0 Å². The van der Waals surface area contributed by atoms with Crippen molar-refractivity contribution in [3.05, 3.63) is 83.4 Å². The van der Waals surface area contributed by atoms with Crippen LogP contribution < -0.4 is 0 Å². The van der Waals surface area contributed by atoms with Crippen LogP contribution in [0.1, 0.15) is 26.5 Å². The average Bonchev–Trinajstić information content (AvgIpc) is 3.16. The van der Waals surface area contributed by atoms with E-state index in [4.69, 9.17) is 9.15 Å². The predicted octanol–water partition coefficient (Wildman–Crippen LogP) is 5.14. The SMILES string of the molecule is O=C(OCC(=O)c1ccccc1F)c1ccc(-c2cccc(C(F)(F)F)c2)o1. The first-order chi connectivity index (χ1) is 13.3. The van der Waals surface area contributed by atoms with Gasteiger partial charge in [-0.25, -0.2) is 9.18 Å². The van der Waals surface area contributed by atoms with Crippen molar-refractivity contribution in [1.82, 2.24) is 0 Å². The smallest absolute Gasteiger partial charge is 0.416 e. The zero-order valence-electron chi connectivity index (χ0n) is 14.1. The molecule has 144 valence electrons. The summed E-state index contributed by atoms with van der Waals surface area (Å²) >= 11 is 0. The Morgan fingerprint density at radius 2 is 1.71 bits per heavy atom. The van der Waals surface area contributed by atoms with E-state index in [-0.39, 0.29) is 22.6 Å². The Kier molecular flexibility index (Phi) is 5.30. The molecule has 0 saturated carbocycles. The molecule has 0 radical (unpaired) electrons. The lowest BCUT2D eigenvalue weighted by atomic mass is 10.1. The zero-order chi connectivity index (χ0) is 20.3. The number of benzene rings is 2. The van der Waals surface area contributed by atoms with Gasteiger partial charge in [-0.05, 0) is 36.4 Å². The quantitative estimate of drug-likeness (QED) is 0.343. The van der Waals surface area contributed by atoms with Crippen LogP contribution in [0.2, 0.25) is 0 Å². The Morgan fingerprint density at radius 3 is 2.43 bits per heavy atom. The van der Waals surface area contributed by atoms with E-state index in [2.05, 4.69) is 0 Å². The van der Waals surface area contributed by atoms with Crippen LogP contribution in [0, 0.1) is 5.82 Å². The highest BCUT2D eigenvalue weighted by atomic mass is 19.4. The number of carbonyl (C=O) groups is 2. The van der Waals surface area contributed by atoms with Gasteiger partial charge in [-0.3, -0.25) is 4.79 Å². The molecule has 1 aromatic heterocycles. The first kappa shape index (κ1) is 19.3. The molecule has 0 saturated heterocycles. The molecular formula is C20H12F4O4. The number of Topliss-reactive ketones (excluding diaryl/α,β-unsaturated/α-hetero) is 1. The minimum atomic E-state index is -4.52. The van der Waals surface area contributed by atoms with E-state index in [1.807, 2.05) is 0 Å². The van der Waals surface area contributed by atoms with E-state index in [0.717, 1.165) is 18.2 Å². The molecule has 3 aromatic rings.